The Morgan fingerprint density at radius 3 is 2.57 bits per heavy atom. The van der Waals surface area contributed by atoms with Crippen molar-refractivity contribution < 1.29 is 14.6 Å². The quantitative estimate of drug-likeness (QED) is 0.565. The summed E-state index contributed by atoms with van der Waals surface area (Å²) in [5.74, 6) is -0.0888. The van der Waals surface area contributed by atoms with Crippen LogP contribution in [0.5, 0.6) is 0 Å². The molecule has 2 heterocycles. The van der Waals surface area contributed by atoms with Gasteiger partial charge in [-0.1, -0.05) is 29.8 Å². The molecule has 0 bridgehead atoms. The van der Waals surface area contributed by atoms with Gasteiger partial charge in [-0.15, -0.1) is 11.3 Å². The topological polar surface area (TPSA) is 86.5 Å². The minimum Gasteiger partial charge on any atom is -0.510 e. The van der Waals surface area contributed by atoms with E-state index in [9.17, 15) is 9.90 Å². The van der Waals surface area contributed by atoms with Crippen LogP contribution in [0, 0.1) is 12.3 Å². The van der Waals surface area contributed by atoms with Gasteiger partial charge < -0.3 is 14.7 Å². The van der Waals surface area contributed by atoms with Crippen LogP contribution in [0.4, 0.5) is 5.69 Å². The van der Waals surface area contributed by atoms with Gasteiger partial charge in [-0.25, -0.2) is 9.78 Å². The van der Waals surface area contributed by atoms with Crippen molar-refractivity contribution in [1.29, 1.82) is 5.41 Å². The molecule has 0 spiro atoms. The second-order valence-corrected chi connectivity index (χ2v) is 7.79. The van der Waals surface area contributed by atoms with Crippen molar-refractivity contribution in [2.24, 2.45) is 0 Å². The van der Waals surface area contributed by atoms with Crippen molar-refractivity contribution in [3.8, 4) is 11.3 Å². The number of carbonyl (C=O) groups is 1. The van der Waals surface area contributed by atoms with E-state index in [-0.39, 0.29) is 24.1 Å². The van der Waals surface area contributed by atoms with E-state index in [4.69, 9.17) is 10.1 Å². The van der Waals surface area contributed by atoms with Crippen LogP contribution in [-0.4, -0.2) is 35.0 Å². The molecule has 0 fully saturated rings. The zero-order chi connectivity index (χ0) is 21.3. The number of ether oxygens (including phenoxy) is 1. The van der Waals surface area contributed by atoms with Gasteiger partial charge in [0.05, 0.1) is 30.0 Å². The third kappa shape index (κ3) is 3.71. The van der Waals surface area contributed by atoms with E-state index in [1.165, 1.54) is 16.9 Å². The number of anilines is 1. The molecule has 0 saturated carbocycles. The van der Waals surface area contributed by atoms with Crippen molar-refractivity contribution in [3.63, 3.8) is 0 Å². The monoisotopic (exact) mass is 419 g/mol. The highest BCUT2D eigenvalue weighted by atomic mass is 32.1. The molecule has 30 heavy (non-hydrogen) atoms. The van der Waals surface area contributed by atoms with Crippen LogP contribution >= 0.6 is 11.3 Å². The number of amidine groups is 1. The molecule has 152 valence electrons. The van der Waals surface area contributed by atoms with Gasteiger partial charge in [0.25, 0.3) is 0 Å². The van der Waals surface area contributed by atoms with Crippen LogP contribution in [0.3, 0.4) is 0 Å². The normalized spacial score (nSPS) is 13.8. The molecule has 3 aromatic rings. The number of aryl methyl sites for hydroxylation is 1. The molecule has 2 N–H and O–H groups in total. The summed E-state index contributed by atoms with van der Waals surface area (Å²) >= 11 is 1.40. The fourth-order valence-electron chi connectivity index (χ4n) is 3.26. The largest absolute Gasteiger partial charge is 0.510 e. The number of nitrogens with zero attached hydrogens (tertiary/aromatic N) is 2. The lowest BCUT2D eigenvalue weighted by molar-refractivity contribution is 0.0526. The molecule has 0 amide bonds. The first-order valence-electron chi connectivity index (χ1n) is 9.56. The van der Waals surface area contributed by atoms with Gasteiger partial charge >= 0.3 is 5.97 Å². The van der Waals surface area contributed by atoms with E-state index in [1.54, 1.807) is 36.1 Å². The molecule has 6 nitrogen and oxygen atoms in total. The zero-order valence-corrected chi connectivity index (χ0v) is 17.5. The fourth-order valence-corrected chi connectivity index (χ4v) is 4.16. The summed E-state index contributed by atoms with van der Waals surface area (Å²) in [7, 11) is 0. The molecule has 4 rings (SSSR count). The van der Waals surface area contributed by atoms with Crippen LogP contribution in [0.25, 0.3) is 16.8 Å². The standard InChI is InChI=1S/C23H21N3O3S/c1-3-29-23(28)16-8-10-17(11-9-16)26-12-19(27)20(21(26)24)22-25-18(13-30-22)15-6-4-14(2)5-7-15/h4-11,13,24,27H,3,12H2,1-2H3. The number of esters is 1. The van der Waals surface area contributed by atoms with E-state index in [0.29, 0.717) is 28.4 Å². The highest BCUT2D eigenvalue weighted by molar-refractivity contribution is 7.11. The summed E-state index contributed by atoms with van der Waals surface area (Å²) in [6.45, 7) is 4.30. The van der Waals surface area contributed by atoms with Gasteiger partial charge in [0, 0.05) is 16.6 Å². The molecule has 1 aromatic heterocycles. The van der Waals surface area contributed by atoms with Crippen molar-refractivity contribution in [1.82, 2.24) is 4.98 Å². The van der Waals surface area contributed by atoms with Crippen molar-refractivity contribution in [2.45, 2.75) is 13.8 Å². The Balaban J connectivity index is 1.56. The Hall–Kier alpha value is -3.45. The van der Waals surface area contributed by atoms with Crippen molar-refractivity contribution in [2.75, 3.05) is 18.1 Å². The number of carbonyl (C=O) groups excluding carboxylic acids is 1. The average molecular weight is 420 g/mol. The molecular weight excluding hydrogens is 398 g/mol. The fraction of sp³-hybridized carbons (Fsp3) is 0.174. The number of thiazole rings is 1. The predicted octanol–water partition coefficient (Wildman–Crippen LogP) is 5.06. The first-order chi connectivity index (χ1) is 14.5. The van der Waals surface area contributed by atoms with Gasteiger partial charge in [0.1, 0.15) is 16.6 Å². The second kappa shape index (κ2) is 8.12. The second-order valence-electron chi connectivity index (χ2n) is 6.93. The molecule has 0 atom stereocenters. The van der Waals surface area contributed by atoms with E-state index in [2.05, 4.69) is 4.98 Å². The Morgan fingerprint density at radius 1 is 1.20 bits per heavy atom. The molecule has 0 aliphatic carbocycles. The molecular formula is C23H21N3O3S. The molecule has 0 unspecified atom stereocenters. The minimum absolute atomic E-state index is 0.110. The van der Waals surface area contributed by atoms with E-state index < -0.39 is 0 Å². The number of aliphatic hydroxyl groups excluding tert-OH is 1. The van der Waals surface area contributed by atoms with Gasteiger partial charge in [0.15, 0.2) is 0 Å². The number of benzene rings is 2. The predicted molar refractivity (Wildman–Crippen MR) is 119 cm³/mol. The smallest absolute Gasteiger partial charge is 0.338 e. The molecule has 2 aromatic carbocycles. The Kier molecular flexibility index (Phi) is 5.37. The van der Waals surface area contributed by atoms with Gasteiger partial charge in [-0.2, -0.15) is 0 Å². The molecule has 0 saturated heterocycles. The summed E-state index contributed by atoms with van der Waals surface area (Å²) < 4.78 is 5.00. The zero-order valence-electron chi connectivity index (χ0n) is 16.7. The lowest BCUT2D eigenvalue weighted by atomic mass is 10.1. The van der Waals surface area contributed by atoms with Crippen LogP contribution in [-0.2, 0) is 4.74 Å². The summed E-state index contributed by atoms with van der Waals surface area (Å²) in [6.07, 6.45) is 0. The number of aromatic nitrogens is 1. The molecule has 7 heteroatoms. The number of aliphatic hydroxyl groups is 1. The highest BCUT2D eigenvalue weighted by Crippen LogP contribution is 2.34. The van der Waals surface area contributed by atoms with E-state index in [1.807, 2.05) is 36.6 Å². The lowest BCUT2D eigenvalue weighted by Gasteiger charge is -2.18. The van der Waals surface area contributed by atoms with Gasteiger partial charge in [0.2, 0.25) is 0 Å². The highest BCUT2D eigenvalue weighted by Gasteiger charge is 2.31. The SMILES string of the molecule is CCOC(=O)c1ccc(N2CC(O)=C(c3nc(-c4ccc(C)cc4)cs3)C2=N)cc1. The van der Waals surface area contributed by atoms with Crippen molar-refractivity contribution in [3.05, 3.63) is 75.8 Å². The molecule has 0 radical (unpaired) electrons. The first kappa shape index (κ1) is 19.8. The number of rotatable bonds is 5. The number of hydrogen-bond donors (Lipinski definition) is 2. The van der Waals surface area contributed by atoms with Crippen LogP contribution in [0.15, 0.2) is 59.7 Å². The van der Waals surface area contributed by atoms with Crippen LogP contribution < -0.4 is 4.90 Å². The average Bonchev–Trinajstić information content (AvgIpc) is 3.33. The molecule has 1 aliphatic rings. The van der Waals surface area contributed by atoms with Crippen LogP contribution in [0.1, 0.15) is 27.9 Å². The maximum absolute atomic E-state index is 11.8. The molecule has 1 aliphatic heterocycles. The summed E-state index contributed by atoms with van der Waals surface area (Å²) in [5, 5.41) is 21.7. The van der Waals surface area contributed by atoms with Gasteiger partial charge in [-0.3, -0.25) is 5.41 Å². The summed E-state index contributed by atoms with van der Waals surface area (Å²) in [5.41, 5.74) is 4.60. The Bertz CT molecular complexity index is 1130. The first-order valence-corrected chi connectivity index (χ1v) is 10.4. The van der Waals surface area contributed by atoms with Gasteiger partial charge in [-0.05, 0) is 38.1 Å². The lowest BCUT2D eigenvalue weighted by Crippen LogP contribution is -2.26. The third-order valence-electron chi connectivity index (χ3n) is 4.86. The van der Waals surface area contributed by atoms with Crippen LogP contribution in [0.2, 0.25) is 0 Å². The summed E-state index contributed by atoms with van der Waals surface area (Å²) in [4.78, 5) is 18.2. The number of hydrogen-bond acceptors (Lipinski definition) is 6. The van der Waals surface area contributed by atoms with E-state index >= 15 is 0 Å². The summed E-state index contributed by atoms with van der Waals surface area (Å²) in [6, 6.07) is 14.9. The Labute approximate surface area is 178 Å². The minimum atomic E-state index is -0.381. The van der Waals surface area contributed by atoms with E-state index in [0.717, 1.165) is 11.3 Å². The third-order valence-corrected chi connectivity index (χ3v) is 5.72. The maximum Gasteiger partial charge on any atom is 0.338 e. The number of nitrogens with one attached hydrogen (secondary N) is 1. The Morgan fingerprint density at radius 2 is 1.90 bits per heavy atom. The van der Waals surface area contributed by atoms with Crippen molar-refractivity contribution >= 4 is 34.4 Å². The maximum atomic E-state index is 11.8.